The van der Waals surface area contributed by atoms with E-state index in [0.29, 0.717) is 24.8 Å². The maximum Gasteiger partial charge on any atom is 0.302 e. The molecular formula is C22H32O6. The SMILES string of the molecule is C=C1C(=O)[C@@]23[C@H](O)C[C@@H]4C(C)(C)CCC[C@@]4(CO)[C@H]2[C@@H](OC(C)=O)C[C@@H]1[C@H]3O. The molecule has 0 radical (unpaired) electrons. The van der Waals surface area contributed by atoms with Gasteiger partial charge in [0.25, 0.3) is 0 Å². The zero-order valence-electron chi connectivity index (χ0n) is 17.0. The Morgan fingerprint density at radius 1 is 1.25 bits per heavy atom. The molecule has 0 aromatic heterocycles. The minimum Gasteiger partial charge on any atom is -0.462 e. The van der Waals surface area contributed by atoms with Crippen LogP contribution in [-0.2, 0) is 14.3 Å². The van der Waals surface area contributed by atoms with Gasteiger partial charge in [-0.05, 0) is 42.6 Å². The van der Waals surface area contributed by atoms with Crippen molar-refractivity contribution in [3.8, 4) is 0 Å². The molecule has 0 saturated heterocycles. The number of ether oxygens (including phenoxy) is 1. The van der Waals surface area contributed by atoms with E-state index in [0.717, 1.165) is 12.8 Å². The van der Waals surface area contributed by atoms with E-state index in [1.807, 2.05) is 0 Å². The topological polar surface area (TPSA) is 104 Å². The third-order valence-electron chi connectivity index (χ3n) is 8.72. The molecule has 28 heavy (non-hydrogen) atoms. The van der Waals surface area contributed by atoms with Crippen molar-refractivity contribution in [1.29, 1.82) is 0 Å². The fourth-order valence-electron chi connectivity index (χ4n) is 7.76. The number of carbonyl (C=O) groups excluding carboxylic acids is 2. The Hall–Kier alpha value is -1.24. The summed E-state index contributed by atoms with van der Waals surface area (Å²) >= 11 is 0. The molecule has 1 spiro atoms. The zero-order valence-corrected chi connectivity index (χ0v) is 17.0. The third-order valence-corrected chi connectivity index (χ3v) is 8.72. The Balaban J connectivity index is 1.95. The Kier molecular flexibility index (Phi) is 4.39. The molecule has 8 atom stereocenters. The smallest absolute Gasteiger partial charge is 0.302 e. The fraction of sp³-hybridized carbons (Fsp3) is 0.818. The summed E-state index contributed by atoms with van der Waals surface area (Å²) in [4.78, 5) is 25.4. The molecule has 2 bridgehead atoms. The van der Waals surface area contributed by atoms with E-state index in [2.05, 4.69) is 20.4 Å². The van der Waals surface area contributed by atoms with Crippen LogP contribution >= 0.6 is 0 Å². The molecule has 3 N–H and O–H groups in total. The van der Waals surface area contributed by atoms with Gasteiger partial charge in [0.2, 0.25) is 0 Å². The maximum absolute atomic E-state index is 13.4. The second kappa shape index (κ2) is 6.13. The normalized spacial score (nSPS) is 49.4. The van der Waals surface area contributed by atoms with Gasteiger partial charge >= 0.3 is 5.97 Å². The lowest BCUT2D eigenvalue weighted by molar-refractivity contribution is -0.266. The second-order valence-electron chi connectivity index (χ2n) is 10.2. The highest BCUT2D eigenvalue weighted by Crippen LogP contribution is 2.71. The summed E-state index contributed by atoms with van der Waals surface area (Å²) in [5.41, 5.74) is -1.96. The van der Waals surface area contributed by atoms with Crippen LogP contribution in [0.2, 0.25) is 0 Å². The van der Waals surface area contributed by atoms with Gasteiger partial charge in [-0.1, -0.05) is 26.8 Å². The van der Waals surface area contributed by atoms with Gasteiger partial charge in [-0.25, -0.2) is 0 Å². The number of Topliss-reactive ketones (excluding diaryl/α,β-unsaturated/α-hetero) is 1. The second-order valence-corrected chi connectivity index (χ2v) is 10.2. The lowest BCUT2D eigenvalue weighted by atomic mass is 9.39. The van der Waals surface area contributed by atoms with Crippen LogP contribution in [0, 0.1) is 34.0 Å². The molecule has 4 aliphatic rings. The van der Waals surface area contributed by atoms with Crippen molar-refractivity contribution in [3.63, 3.8) is 0 Å². The summed E-state index contributed by atoms with van der Waals surface area (Å²) in [6, 6.07) is 0. The first-order valence-corrected chi connectivity index (χ1v) is 10.4. The van der Waals surface area contributed by atoms with Gasteiger partial charge in [0, 0.05) is 30.8 Å². The molecule has 0 aromatic carbocycles. The van der Waals surface area contributed by atoms with Crippen LogP contribution in [0.1, 0.15) is 52.9 Å². The van der Waals surface area contributed by atoms with E-state index in [9.17, 15) is 24.9 Å². The number of aliphatic hydroxyl groups excluding tert-OH is 3. The van der Waals surface area contributed by atoms with E-state index < -0.39 is 46.9 Å². The van der Waals surface area contributed by atoms with Crippen LogP contribution in [0.5, 0.6) is 0 Å². The molecule has 4 saturated carbocycles. The molecule has 4 fully saturated rings. The van der Waals surface area contributed by atoms with Gasteiger partial charge < -0.3 is 20.1 Å². The molecule has 0 aliphatic heterocycles. The zero-order chi connectivity index (χ0) is 20.6. The van der Waals surface area contributed by atoms with Crippen molar-refractivity contribution in [1.82, 2.24) is 0 Å². The molecule has 0 amide bonds. The fourth-order valence-corrected chi connectivity index (χ4v) is 7.76. The van der Waals surface area contributed by atoms with Crippen LogP contribution in [-0.4, -0.2) is 52.0 Å². The Labute approximate surface area is 166 Å². The minimum atomic E-state index is -1.45. The number of esters is 1. The number of ketones is 1. The lowest BCUT2D eigenvalue weighted by Gasteiger charge is -2.66. The van der Waals surface area contributed by atoms with E-state index in [-0.39, 0.29) is 23.7 Å². The minimum absolute atomic E-state index is 0.0344. The summed E-state index contributed by atoms with van der Waals surface area (Å²) in [5.74, 6) is -1.94. The number of carbonyl (C=O) groups is 2. The summed E-state index contributed by atoms with van der Waals surface area (Å²) in [6.45, 7) is 9.39. The molecule has 4 aliphatic carbocycles. The highest BCUT2D eigenvalue weighted by Gasteiger charge is 2.77. The monoisotopic (exact) mass is 392 g/mol. The predicted molar refractivity (Wildman–Crippen MR) is 101 cm³/mol. The Morgan fingerprint density at radius 3 is 2.54 bits per heavy atom. The first-order chi connectivity index (χ1) is 13.0. The molecule has 4 rings (SSSR count). The van der Waals surface area contributed by atoms with Crippen molar-refractivity contribution in [3.05, 3.63) is 12.2 Å². The number of hydrogen-bond acceptors (Lipinski definition) is 6. The Morgan fingerprint density at radius 2 is 1.93 bits per heavy atom. The largest absolute Gasteiger partial charge is 0.462 e. The molecule has 0 unspecified atom stereocenters. The Bertz CT molecular complexity index is 729. The lowest BCUT2D eigenvalue weighted by Crippen LogP contribution is -2.72. The molecule has 0 aromatic rings. The van der Waals surface area contributed by atoms with Crippen LogP contribution in [0.3, 0.4) is 0 Å². The van der Waals surface area contributed by atoms with Gasteiger partial charge in [-0.2, -0.15) is 0 Å². The predicted octanol–water partition coefficient (Wildman–Crippen LogP) is 1.61. The van der Waals surface area contributed by atoms with Gasteiger partial charge in [0.05, 0.1) is 17.6 Å². The van der Waals surface area contributed by atoms with Crippen LogP contribution < -0.4 is 0 Å². The van der Waals surface area contributed by atoms with E-state index in [4.69, 9.17) is 4.74 Å². The number of fused-ring (bicyclic) bond motifs is 3. The van der Waals surface area contributed by atoms with Crippen molar-refractivity contribution < 1.29 is 29.6 Å². The number of aliphatic hydroxyl groups is 3. The molecule has 6 heteroatoms. The van der Waals surface area contributed by atoms with Crippen molar-refractivity contribution in [2.45, 2.75) is 71.2 Å². The third kappa shape index (κ3) is 2.20. The van der Waals surface area contributed by atoms with Gasteiger partial charge in [0.15, 0.2) is 5.78 Å². The average Bonchev–Trinajstić information content (AvgIpc) is 2.73. The summed E-state index contributed by atoms with van der Waals surface area (Å²) < 4.78 is 5.71. The molecule has 6 nitrogen and oxygen atoms in total. The van der Waals surface area contributed by atoms with E-state index in [1.54, 1.807) is 0 Å². The number of hydrogen-bond donors (Lipinski definition) is 3. The molecule has 0 heterocycles. The van der Waals surface area contributed by atoms with Crippen molar-refractivity contribution in [2.24, 2.45) is 34.0 Å². The summed E-state index contributed by atoms with van der Waals surface area (Å²) in [7, 11) is 0. The highest BCUT2D eigenvalue weighted by atomic mass is 16.5. The average molecular weight is 392 g/mol. The summed E-state index contributed by atoms with van der Waals surface area (Å²) in [5, 5.41) is 33.3. The molecular weight excluding hydrogens is 360 g/mol. The standard InChI is InChI=1S/C22H32O6/c1-11-13-8-14(28-12(2)24)17-21(10-23)7-5-6-20(3,4)15(21)9-16(25)22(17,18(11)26)19(13)27/h13-17,19,23,25,27H,1,5-10H2,2-4H3/t13-,14-,15+,16+,17+,19+,21-,22+/m0/s1. The van der Waals surface area contributed by atoms with Crippen LogP contribution in [0.4, 0.5) is 0 Å². The van der Waals surface area contributed by atoms with Crippen molar-refractivity contribution in [2.75, 3.05) is 6.61 Å². The quantitative estimate of drug-likeness (QED) is 0.487. The van der Waals surface area contributed by atoms with Gasteiger partial charge in [-0.15, -0.1) is 0 Å². The van der Waals surface area contributed by atoms with Crippen LogP contribution in [0.25, 0.3) is 0 Å². The maximum atomic E-state index is 13.4. The first-order valence-electron chi connectivity index (χ1n) is 10.4. The van der Waals surface area contributed by atoms with Gasteiger partial charge in [-0.3, -0.25) is 9.59 Å². The first kappa shape index (κ1) is 20.0. The van der Waals surface area contributed by atoms with E-state index in [1.165, 1.54) is 6.92 Å². The van der Waals surface area contributed by atoms with Crippen molar-refractivity contribution >= 4 is 11.8 Å². The highest BCUT2D eigenvalue weighted by molar-refractivity contribution is 6.04. The van der Waals surface area contributed by atoms with Crippen LogP contribution in [0.15, 0.2) is 12.2 Å². The number of rotatable bonds is 2. The van der Waals surface area contributed by atoms with Gasteiger partial charge in [0.1, 0.15) is 6.10 Å². The van der Waals surface area contributed by atoms with E-state index >= 15 is 0 Å². The summed E-state index contributed by atoms with van der Waals surface area (Å²) in [6.07, 6.45) is 0.442. The molecule has 156 valence electrons.